The van der Waals surface area contributed by atoms with Crippen LogP contribution < -0.4 is 5.32 Å². The highest BCUT2D eigenvalue weighted by Crippen LogP contribution is 2.12. The van der Waals surface area contributed by atoms with Crippen molar-refractivity contribution in [2.75, 3.05) is 25.0 Å². The minimum absolute atomic E-state index is 0.135. The van der Waals surface area contributed by atoms with Crippen LogP contribution in [0.25, 0.3) is 0 Å². The number of aryl methyl sites for hydroxylation is 1. The van der Waals surface area contributed by atoms with Crippen LogP contribution in [-0.4, -0.2) is 30.4 Å². The molecule has 1 amide bonds. The van der Waals surface area contributed by atoms with Crippen molar-refractivity contribution < 1.29 is 4.79 Å². The maximum atomic E-state index is 11.9. The first kappa shape index (κ1) is 15.0. The monoisotopic (exact) mass is 274 g/mol. The zero-order valence-electron chi connectivity index (χ0n) is 12.5. The number of likely N-dealkylation sites (tertiary alicyclic amines) is 1. The van der Waals surface area contributed by atoms with E-state index in [9.17, 15) is 4.79 Å². The first-order valence-electron chi connectivity index (χ1n) is 7.89. The third kappa shape index (κ3) is 4.97. The quantitative estimate of drug-likeness (QED) is 0.861. The lowest BCUT2D eigenvalue weighted by Gasteiger charge is -2.26. The summed E-state index contributed by atoms with van der Waals surface area (Å²) in [7, 11) is 0. The molecule has 1 aliphatic rings. The zero-order chi connectivity index (χ0) is 14.2. The van der Waals surface area contributed by atoms with Crippen molar-refractivity contribution in [2.24, 2.45) is 0 Å². The average molecular weight is 274 g/mol. The maximum absolute atomic E-state index is 11.9. The van der Waals surface area contributed by atoms with Crippen molar-refractivity contribution in [3.63, 3.8) is 0 Å². The van der Waals surface area contributed by atoms with Gasteiger partial charge in [-0.3, -0.25) is 4.79 Å². The summed E-state index contributed by atoms with van der Waals surface area (Å²) in [6.45, 7) is 5.60. The van der Waals surface area contributed by atoms with Crippen molar-refractivity contribution in [2.45, 2.75) is 45.4 Å². The third-order valence-electron chi connectivity index (χ3n) is 3.95. The van der Waals surface area contributed by atoms with Gasteiger partial charge in [0.05, 0.1) is 0 Å². The van der Waals surface area contributed by atoms with E-state index in [1.54, 1.807) is 0 Å². The number of rotatable bonds is 6. The number of piperidine rings is 1. The van der Waals surface area contributed by atoms with Crippen molar-refractivity contribution in [1.29, 1.82) is 0 Å². The van der Waals surface area contributed by atoms with Crippen LogP contribution in [0.4, 0.5) is 5.69 Å². The van der Waals surface area contributed by atoms with Gasteiger partial charge in [0.15, 0.2) is 0 Å². The standard InChI is InChI=1S/C17H26N2O/c1-2-15-8-6-9-16(14-15)18-17(20)10-7-13-19-11-4-3-5-12-19/h6,8-9,14H,2-5,7,10-13H2,1H3,(H,18,20). The Morgan fingerprint density at radius 1 is 1.25 bits per heavy atom. The van der Waals surface area contributed by atoms with Crippen LogP contribution in [0.5, 0.6) is 0 Å². The van der Waals surface area contributed by atoms with E-state index in [1.165, 1.54) is 37.9 Å². The van der Waals surface area contributed by atoms with Gasteiger partial charge >= 0.3 is 0 Å². The Bertz CT molecular complexity index is 425. The minimum atomic E-state index is 0.135. The molecule has 0 aromatic heterocycles. The van der Waals surface area contributed by atoms with E-state index in [0.29, 0.717) is 6.42 Å². The molecule has 1 aromatic rings. The highest BCUT2D eigenvalue weighted by Gasteiger charge is 2.10. The van der Waals surface area contributed by atoms with Gasteiger partial charge in [-0.25, -0.2) is 0 Å². The lowest BCUT2D eigenvalue weighted by Crippen LogP contribution is -2.31. The molecular formula is C17H26N2O. The van der Waals surface area contributed by atoms with Crippen LogP contribution in [0.1, 0.15) is 44.6 Å². The summed E-state index contributed by atoms with van der Waals surface area (Å²) in [5.41, 5.74) is 2.18. The Balaban J connectivity index is 1.69. The number of hydrogen-bond donors (Lipinski definition) is 1. The first-order valence-corrected chi connectivity index (χ1v) is 7.89. The number of nitrogens with one attached hydrogen (secondary N) is 1. The predicted octanol–water partition coefficient (Wildman–Crippen LogP) is 3.45. The van der Waals surface area contributed by atoms with Crippen LogP contribution >= 0.6 is 0 Å². The van der Waals surface area contributed by atoms with Crippen LogP contribution in [0.15, 0.2) is 24.3 Å². The van der Waals surface area contributed by atoms with Crippen molar-refractivity contribution in [3.05, 3.63) is 29.8 Å². The van der Waals surface area contributed by atoms with Gasteiger partial charge in [0.2, 0.25) is 5.91 Å². The third-order valence-corrected chi connectivity index (χ3v) is 3.95. The van der Waals surface area contributed by atoms with Crippen molar-refractivity contribution in [1.82, 2.24) is 4.90 Å². The molecule has 0 spiro atoms. The van der Waals surface area contributed by atoms with Gasteiger partial charge in [-0.15, -0.1) is 0 Å². The molecule has 3 nitrogen and oxygen atoms in total. The van der Waals surface area contributed by atoms with E-state index in [2.05, 4.69) is 29.3 Å². The molecule has 1 saturated heterocycles. The van der Waals surface area contributed by atoms with Crippen molar-refractivity contribution >= 4 is 11.6 Å². The number of carbonyl (C=O) groups excluding carboxylic acids is 1. The largest absolute Gasteiger partial charge is 0.326 e. The Hall–Kier alpha value is -1.35. The van der Waals surface area contributed by atoms with Gasteiger partial charge in [0.1, 0.15) is 0 Å². The van der Waals surface area contributed by atoms with Crippen LogP contribution in [0.2, 0.25) is 0 Å². The molecule has 0 saturated carbocycles. The van der Waals surface area contributed by atoms with E-state index in [-0.39, 0.29) is 5.91 Å². The van der Waals surface area contributed by atoms with E-state index in [4.69, 9.17) is 0 Å². The molecule has 0 unspecified atom stereocenters. The molecule has 1 N–H and O–H groups in total. The second kappa shape index (κ2) is 8.05. The molecule has 0 radical (unpaired) electrons. The van der Waals surface area contributed by atoms with Gasteiger partial charge < -0.3 is 10.2 Å². The number of carbonyl (C=O) groups is 1. The molecule has 1 heterocycles. The van der Waals surface area contributed by atoms with Gasteiger partial charge in [-0.1, -0.05) is 25.5 Å². The van der Waals surface area contributed by atoms with E-state index in [0.717, 1.165) is 25.1 Å². The van der Waals surface area contributed by atoms with Gasteiger partial charge in [0.25, 0.3) is 0 Å². The Kier molecular flexibility index (Phi) is 6.06. The molecule has 1 aromatic carbocycles. The molecule has 0 bridgehead atoms. The SMILES string of the molecule is CCc1cccc(NC(=O)CCCN2CCCCC2)c1. The predicted molar refractivity (Wildman–Crippen MR) is 84.0 cm³/mol. The first-order chi connectivity index (χ1) is 9.78. The van der Waals surface area contributed by atoms with E-state index >= 15 is 0 Å². The number of benzene rings is 1. The topological polar surface area (TPSA) is 32.3 Å². The number of anilines is 1. The molecule has 20 heavy (non-hydrogen) atoms. The Morgan fingerprint density at radius 2 is 2.05 bits per heavy atom. The van der Waals surface area contributed by atoms with Crippen LogP contribution in [-0.2, 0) is 11.2 Å². The average Bonchev–Trinajstić information content (AvgIpc) is 2.48. The maximum Gasteiger partial charge on any atom is 0.224 e. The summed E-state index contributed by atoms with van der Waals surface area (Å²) < 4.78 is 0. The second-order valence-corrected chi connectivity index (χ2v) is 5.61. The van der Waals surface area contributed by atoms with Gasteiger partial charge in [0, 0.05) is 12.1 Å². The number of amides is 1. The summed E-state index contributed by atoms with van der Waals surface area (Å²) in [6.07, 6.45) is 6.57. The Morgan fingerprint density at radius 3 is 2.80 bits per heavy atom. The second-order valence-electron chi connectivity index (χ2n) is 5.61. The fourth-order valence-corrected chi connectivity index (χ4v) is 2.74. The molecule has 1 aliphatic heterocycles. The highest BCUT2D eigenvalue weighted by molar-refractivity contribution is 5.90. The van der Waals surface area contributed by atoms with E-state index < -0.39 is 0 Å². The number of hydrogen-bond acceptors (Lipinski definition) is 2. The van der Waals surface area contributed by atoms with Gasteiger partial charge in [-0.05, 0) is 63.0 Å². The molecular weight excluding hydrogens is 248 g/mol. The lowest BCUT2D eigenvalue weighted by atomic mass is 10.1. The summed E-state index contributed by atoms with van der Waals surface area (Å²) in [5, 5.41) is 3.00. The summed E-state index contributed by atoms with van der Waals surface area (Å²) in [5.74, 6) is 0.135. The molecule has 110 valence electrons. The fraction of sp³-hybridized carbons (Fsp3) is 0.588. The van der Waals surface area contributed by atoms with E-state index in [1.807, 2.05) is 12.1 Å². The van der Waals surface area contributed by atoms with Crippen LogP contribution in [0, 0.1) is 0 Å². The zero-order valence-corrected chi connectivity index (χ0v) is 12.5. The van der Waals surface area contributed by atoms with Crippen molar-refractivity contribution in [3.8, 4) is 0 Å². The molecule has 3 heteroatoms. The summed E-state index contributed by atoms with van der Waals surface area (Å²) in [4.78, 5) is 14.4. The summed E-state index contributed by atoms with van der Waals surface area (Å²) in [6, 6.07) is 8.11. The molecule has 1 fully saturated rings. The highest BCUT2D eigenvalue weighted by atomic mass is 16.1. The minimum Gasteiger partial charge on any atom is -0.326 e. The molecule has 0 atom stereocenters. The molecule has 2 rings (SSSR count). The number of nitrogens with zero attached hydrogens (tertiary/aromatic N) is 1. The van der Waals surface area contributed by atoms with Gasteiger partial charge in [-0.2, -0.15) is 0 Å². The van der Waals surface area contributed by atoms with Crippen LogP contribution in [0.3, 0.4) is 0 Å². The summed E-state index contributed by atoms with van der Waals surface area (Å²) >= 11 is 0. The smallest absolute Gasteiger partial charge is 0.224 e. The Labute approximate surface area is 122 Å². The lowest BCUT2D eigenvalue weighted by molar-refractivity contribution is -0.116. The fourth-order valence-electron chi connectivity index (χ4n) is 2.74. The molecule has 0 aliphatic carbocycles. The normalized spacial score (nSPS) is 16.1.